The second-order valence-corrected chi connectivity index (χ2v) is 10.7. The van der Waals surface area contributed by atoms with Crippen LogP contribution < -0.4 is 10.2 Å². The Morgan fingerprint density at radius 1 is 1.03 bits per heavy atom. The highest BCUT2D eigenvalue weighted by atomic mass is 32.2. The summed E-state index contributed by atoms with van der Waals surface area (Å²) in [6, 6.07) is 12.1. The van der Waals surface area contributed by atoms with Gasteiger partial charge in [0.2, 0.25) is 21.8 Å². The first kappa shape index (κ1) is 23.4. The van der Waals surface area contributed by atoms with Gasteiger partial charge in [-0.05, 0) is 49.1 Å². The molecule has 0 aromatic heterocycles. The van der Waals surface area contributed by atoms with Gasteiger partial charge in [-0.15, -0.1) is 0 Å². The predicted molar refractivity (Wildman–Crippen MR) is 127 cm³/mol. The van der Waals surface area contributed by atoms with Crippen LogP contribution in [0.15, 0.2) is 47.4 Å². The Bertz CT molecular complexity index is 1140. The van der Waals surface area contributed by atoms with Crippen LogP contribution >= 0.6 is 0 Å². The number of piperidine rings is 1. The molecule has 4 rings (SSSR count). The van der Waals surface area contributed by atoms with Gasteiger partial charge >= 0.3 is 0 Å². The number of sulfonamides is 1. The third-order valence-electron chi connectivity index (χ3n) is 6.45. The summed E-state index contributed by atoms with van der Waals surface area (Å²) in [5.74, 6) is -0.398. The van der Waals surface area contributed by atoms with Crippen LogP contribution in [-0.2, 0) is 32.6 Å². The number of aryl methyl sites for hydroxylation is 1. The fourth-order valence-corrected chi connectivity index (χ4v) is 6.11. The summed E-state index contributed by atoms with van der Waals surface area (Å²) < 4.78 is 27.8. The van der Waals surface area contributed by atoms with Crippen molar-refractivity contribution in [3.05, 3.63) is 59.2 Å². The predicted octanol–water partition coefficient (Wildman–Crippen LogP) is 3.15. The van der Waals surface area contributed by atoms with E-state index in [9.17, 15) is 18.0 Å². The molecule has 0 radical (unpaired) electrons. The molecule has 176 valence electrons. The van der Waals surface area contributed by atoms with Gasteiger partial charge in [0, 0.05) is 38.2 Å². The molecule has 1 saturated heterocycles. The summed E-state index contributed by atoms with van der Waals surface area (Å²) >= 11 is 0. The molecule has 0 bridgehead atoms. The molecule has 2 heterocycles. The molecule has 1 fully saturated rings. The molecule has 1 atom stereocenters. The number of amides is 2. The zero-order chi connectivity index (χ0) is 23.6. The van der Waals surface area contributed by atoms with Crippen LogP contribution in [0.1, 0.15) is 49.3 Å². The SMILES string of the molecule is CCC(=O)N1c2ccc(S(=O)(=O)N3CCCCC3)cc2CC1C(=O)NCc1ccc(C)cc1. The van der Waals surface area contributed by atoms with Crippen molar-refractivity contribution in [1.29, 1.82) is 0 Å². The van der Waals surface area contributed by atoms with E-state index in [0.717, 1.165) is 30.4 Å². The zero-order valence-electron chi connectivity index (χ0n) is 19.2. The molecule has 8 heteroatoms. The molecule has 2 aromatic rings. The lowest BCUT2D eigenvalue weighted by molar-refractivity contribution is -0.126. The summed E-state index contributed by atoms with van der Waals surface area (Å²) in [4.78, 5) is 27.6. The van der Waals surface area contributed by atoms with Crippen LogP contribution in [-0.4, -0.2) is 43.7 Å². The van der Waals surface area contributed by atoms with Crippen LogP contribution in [0.2, 0.25) is 0 Å². The monoisotopic (exact) mass is 469 g/mol. The number of hydrogen-bond acceptors (Lipinski definition) is 4. The maximum absolute atomic E-state index is 13.1. The molecule has 2 aromatic carbocycles. The number of carbonyl (C=O) groups is 2. The van der Waals surface area contributed by atoms with Crippen molar-refractivity contribution in [3.8, 4) is 0 Å². The average molecular weight is 470 g/mol. The van der Waals surface area contributed by atoms with E-state index < -0.39 is 16.1 Å². The molecule has 0 spiro atoms. The van der Waals surface area contributed by atoms with E-state index in [-0.39, 0.29) is 23.1 Å². The Morgan fingerprint density at radius 3 is 2.39 bits per heavy atom. The first-order chi connectivity index (χ1) is 15.8. The van der Waals surface area contributed by atoms with Crippen molar-refractivity contribution in [2.45, 2.75) is 63.4 Å². The average Bonchev–Trinajstić information content (AvgIpc) is 3.22. The highest BCUT2D eigenvalue weighted by Crippen LogP contribution is 2.35. The van der Waals surface area contributed by atoms with E-state index in [0.29, 0.717) is 37.3 Å². The van der Waals surface area contributed by atoms with Crippen molar-refractivity contribution in [2.75, 3.05) is 18.0 Å². The Balaban J connectivity index is 1.56. The van der Waals surface area contributed by atoms with Crippen LogP contribution in [0, 0.1) is 6.92 Å². The number of anilines is 1. The van der Waals surface area contributed by atoms with E-state index in [1.165, 1.54) is 9.21 Å². The number of hydrogen-bond donors (Lipinski definition) is 1. The van der Waals surface area contributed by atoms with Crippen molar-refractivity contribution in [1.82, 2.24) is 9.62 Å². The minimum atomic E-state index is -3.59. The minimum absolute atomic E-state index is 0.157. The normalized spacial score (nSPS) is 18.7. The summed E-state index contributed by atoms with van der Waals surface area (Å²) in [6.45, 7) is 5.20. The molecule has 7 nitrogen and oxygen atoms in total. The van der Waals surface area contributed by atoms with E-state index in [1.807, 2.05) is 31.2 Å². The molecule has 0 aliphatic carbocycles. The van der Waals surface area contributed by atoms with Gasteiger partial charge in [0.15, 0.2) is 0 Å². The number of benzene rings is 2. The Morgan fingerprint density at radius 2 is 1.73 bits per heavy atom. The maximum atomic E-state index is 13.1. The van der Waals surface area contributed by atoms with Gasteiger partial charge in [-0.2, -0.15) is 4.31 Å². The van der Waals surface area contributed by atoms with Crippen LogP contribution in [0.3, 0.4) is 0 Å². The topological polar surface area (TPSA) is 86.8 Å². The summed E-state index contributed by atoms with van der Waals surface area (Å²) in [5.41, 5.74) is 3.46. The highest BCUT2D eigenvalue weighted by Gasteiger charge is 2.38. The Kier molecular flexibility index (Phi) is 6.86. The van der Waals surface area contributed by atoms with E-state index in [4.69, 9.17) is 0 Å². The molecular weight excluding hydrogens is 438 g/mol. The summed E-state index contributed by atoms with van der Waals surface area (Å²) in [5, 5.41) is 2.94. The Labute approximate surface area is 195 Å². The first-order valence-corrected chi connectivity index (χ1v) is 13.0. The van der Waals surface area contributed by atoms with E-state index >= 15 is 0 Å². The molecule has 2 amide bonds. The van der Waals surface area contributed by atoms with Gasteiger partial charge in [-0.25, -0.2) is 8.42 Å². The highest BCUT2D eigenvalue weighted by molar-refractivity contribution is 7.89. The van der Waals surface area contributed by atoms with Gasteiger partial charge < -0.3 is 5.32 Å². The van der Waals surface area contributed by atoms with Crippen LogP contribution in [0.4, 0.5) is 5.69 Å². The van der Waals surface area contributed by atoms with Crippen molar-refractivity contribution in [2.24, 2.45) is 0 Å². The molecule has 2 aliphatic rings. The van der Waals surface area contributed by atoms with Crippen LogP contribution in [0.5, 0.6) is 0 Å². The van der Waals surface area contributed by atoms with Crippen molar-refractivity contribution in [3.63, 3.8) is 0 Å². The Hall–Kier alpha value is -2.71. The second-order valence-electron chi connectivity index (χ2n) is 8.80. The smallest absolute Gasteiger partial charge is 0.243 e. The third kappa shape index (κ3) is 4.82. The minimum Gasteiger partial charge on any atom is -0.350 e. The molecule has 0 saturated carbocycles. The second kappa shape index (κ2) is 9.65. The molecule has 2 aliphatic heterocycles. The quantitative estimate of drug-likeness (QED) is 0.704. The van der Waals surface area contributed by atoms with E-state index in [2.05, 4.69) is 5.32 Å². The van der Waals surface area contributed by atoms with E-state index in [1.54, 1.807) is 25.1 Å². The lowest BCUT2D eigenvalue weighted by atomic mass is 10.1. The number of nitrogens with one attached hydrogen (secondary N) is 1. The van der Waals surface area contributed by atoms with Gasteiger partial charge in [-0.3, -0.25) is 14.5 Å². The molecule has 33 heavy (non-hydrogen) atoms. The third-order valence-corrected chi connectivity index (χ3v) is 8.34. The lowest BCUT2D eigenvalue weighted by Crippen LogP contribution is -2.47. The molecule has 1 unspecified atom stereocenters. The standard InChI is InChI=1S/C25H31N3O4S/c1-3-24(29)28-22-12-11-21(33(31,32)27-13-5-4-6-14-27)15-20(22)16-23(28)25(30)26-17-19-9-7-18(2)8-10-19/h7-12,15,23H,3-6,13-14,16-17H2,1-2H3,(H,26,30). The number of fused-ring (bicyclic) bond motifs is 1. The van der Waals surface area contributed by atoms with Crippen molar-refractivity contribution >= 4 is 27.5 Å². The summed E-state index contributed by atoms with van der Waals surface area (Å²) in [7, 11) is -3.59. The van der Waals surface area contributed by atoms with Gasteiger partial charge in [0.1, 0.15) is 6.04 Å². The zero-order valence-corrected chi connectivity index (χ0v) is 20.0. The van der Waals surface area contributed by atoms with Crippen LogP contribution in [0.25, 0.3) is 0 Å². The molecular formula is C25H31N3O4S. The van der Waals surface area contributed by atoms with Gasteiger partial charge in [-0.1, -0.05) is 43.2 Å². The first-order valence-electron chi connectivity index (χ1n) is 11.6. The summed E-state index contributed by atoms with van der Waals surface area (Å²) in [6.07, 6.45) is 3.33. The number of rotatable bonds is 6. The fraction of sp³-hybridized carbons (Fsp3) is 0.440. The molecule has 1 N–H and O–H groups in total. The number of nitrogens with zero attached hydrogens (tertiary/aromatic N) is 2. The van der Waals surface area contributed by atoms with Crippen molar-refractivity contribution < 1.29 is 18.0 Å². The largest absolute Gasteiger partial charge is 0.350 e. The van der Waals surface area contributed by atoms with Gasteiger partial charge in [0.05, 0.1) is 4.90 Å². The maximum Gasteiger partial charge on any atom is 0.243 e. The lowest BCUT2D eigenvalue weighted by Gasteiger charge is -2.26. The number of carbonyl (C=O) groups excluding carboxylic acids is 2. The fourth-order valence-electron chi connectivity index (χ4n) is 4.54. The van der Waals surface area contributed by atoms with Gasteiger partial charge in [0.25, 0.3) is 0 Å².